The van der Waals surface area contributed by atoms with Crippen molar-refractivity contribution in [3.63, 3.8) is 0 Å². The molecule has 0 saturated carbocycles. The normalized spacial score (nSPS) is 12.7. The molecule has 370 valence electrons. The molecule has 0 aromatic heterocycles. The van der Waals surface area contributed by atoms with Gasteiger partial charge in [0.05, 0.1) is 6.61 Å². The van der Waals surface area contributed by atoms with Crippen molar-refractivity contribution in [1.29, 1.82) is 0 Å². The van der Waals surface area contributed by atoms with E-state index in [2.05, 4.69) is 87.6 Å². The minimum atomic E-state index is -0.580. The molecular weight excluding hydrogens is 789 g/mol. The Morgan fingerprint density at radius 1 is 0.359 bits per heavy atom. The molecule has 0 amide bonds. The molecule has 0 aliphatic rings. The standard InChI is InChI=1S/C59H104O5/c1-4-7-10-13-16-19-22-25-27-29-30-31-32-35-37-40-43-46-49-52-58(60)63-56-57(64-59(61)53-50-47-44-41-38-34-24-21-18-15-12-9-6-3)55-62-54-51-48-45-42-39-36-33-28-26-23-20-17-14-11-8-5-2/h9,12,17-18,20-21,26,28,34,38,44,47,57H,4-8,10-11,13-16,19,22-25,27,29-33,35-37,39-43,45-46,48-56H2,1-3H3/b12-9-,20-17-,21-18-,28-26-,38-34-,47-44-. The third-order valence-electron chi connectivity index (χ3n) is 11.7. The second kappa shape index (κ2) is 54.7. The summed E-state index contributed by atoms with van der Waals surface area (Å²) in [7, 11) is 0. The third kappa shape index (κ3) is 52.0. The molecule has 0 aromatic rings. The number of carbonyl (C=O) groups excluding carboxylic acids is 2. The SMILES string of the molecule is CC/C=C\C/C=C\C/C=C\C/C=C\CCC(=O)OC(COCCCCCCCC/C=C\C/C=C\CCCCC)COC(=O)CCCCCCCCCCCCCCCCCCCCC. The third-order valence-corrected chi connectivity index (χ3v) is 11.7. The van der Waals surface area contributed by atoms with Crippen LogP contribution in [0, 0.1) is 0 Å². The summed E-state index contributed by atoms with van der Waals surface area (Å²) < 4.78 is 17.4. The summed E-state index contributed by atoms with van der Waals surface area (Å²) in [5, 5.41) is 0. The van der Waals surface area contributed by atoms with E-state index < -0.39 is 6.10 Å². The van der Waals surface area contributed by atoms with Gasteiger partial charge in [0.25, 0.3) is 0 Å². The molecule has 0 N–H and O–H groups in total. The lowest BCUT2D eigenvalue weighted by Crippen LogP contribution is -2.30. The van der Waals surface area contributed by atoms with Crippen molar-refractivity contribution in [3.8, 4) is 0 Å². The van der Waals surface area contributed by atoms with Crippen molar-refractivity contribution in [2.45, 2.75) is 271 Å². The molecule has 0 bridgehead atoms. The number of esters is 2. The highest BCUT2D eigenvalue weighted by Crippen LogP contribution is 2.16. The van der Waals surface area contributed by atoms with Gasteiger partial charge in [-0.05, 0) is 77.0 Å². The van der Waals surface area contributed by atoms with E-state index >= 15 is 0 Å². The van der Waals surface area contributed by atoms with Crippen molar-refractivity contribution in [3.05, 3.63) is 72.9 Å². The predicted molar refractivity (Wildman–Crippen MR) is 279 cm³/mol. The van der Waals surface area contributed by atoms with Gasteiger partial charge in [0, 0.05) is 19.4 Å². The number of hydrogen-bond donors (Lipinski definition) is 0. The van der Waals surface area contributed by atoms with Crippen molar-refractivity contribution in [2.75, 3.05) is 19.8 Å². The lowest BCUT2D eigenvalue weighted by atomic mass is 10.0. The smallest absolute Gasteiger partial charge is 0.306 e. The van der Waals surface area contributed by atoms with Crippen LogP contribution in [0.25, 0.3) is 0 Å². The Labute approximate surface area is 397 Å². The second-order valence-electron chi connectivity index (χ2n) is 18.1. The minimum Gasteiger partial charge on any atom is -0.462 e. The summed E-state index contributed by atoms with van der Waals surface area (Å²) in [4.78, 5) is 25.4. The van der Waals surface area contributed by atoms with Gasteiger partial charge >= 0.3 is 11.9 Å². The highest BCUT2D eigenvalue weighted by atomic mass is 16.6. The molecule has 0 aliphatic carbocycles. The quantitative estimate of drug-likeness (QED) is 0.0346. The van der Waals surface area contributed by atoms with E-state index in [0.717, 1.165) is 57.8 Å². The number of hydrogen-bond acceptors (Lipinski definition) is 5. The first-order chi connectivity index (χ1) is 31.6. The van der Waals surface area contributed by atoms with Gasteiger partial charge in [-0.15, -0.1) is 0 Å². The Balaban J connectivity index is 4.30. The molecule has 1 atom stereocenters. The molecule has 0 saturated heterocycles. The van der Waals surface area contributed by atoms with E-state index in [9.17, 15) is 9.59 Å². The molecular formula is C59H104O5. The van der Waals surface area contributed by atoms with Crippen molar-refractivity contribution < 1.29 is 23.8 Å². The highest BCUT2D eigenvalue weighted by Gasteiger charge is 2.17. The first kappa shape index (κ1) is 61.3. The zero-order valence-electron chi connectivity index (χ0n) is 42.5. The van der Waals surface area contributed by atoms with Crippen molar-refractivity contribution >= 4 is 11.9 Å². The molecule has 0 aromatic carbocycles. The molecule has 0 spiro atoms. The van der Waals surface area contributed by atoms with Gasteiger partial charge in [-0.1, -0.05) is 248 Å². The first-order valence-corrected chi connectivity index (χ1v) is 27.5. The number of unbranched alkanes of at least 4 members (excludes halogenated alkanes) is 27. The van der Waals surface area contributed by atoms with Crippen LogP contribution >= 0.6 is 0 Å². The lowest BCUT2D eigenvalue weighted by Gasteiger charge is -2.18. The number of ether oxygens (including phenoxy) is 3. The fraction of sp³-hybridized carbons (Fsp3) is 0.763. The van der Waals surface area contributed by atoms with Crippen LogP contribution in [-0.4, -0.2) is 37.9 Å². The Kier molecular flexibility index (Phi) is 52.4. The van der Waals surface area contributed by atoms with E-state index in [1.807, 2.05) is 6.08 Å². The van der Waals surface area contributed by atoms with Crippen LogP contribution in [0.3, 0.4) is 0 Å². The maximum absolute atomic E-state index is 12.8. The summed E-state index contributed by atoms with van der Waals surface area (Å²) in [6, 6.07) is 0. The Morgan fingerprint density at radius 2 is 0.734 bits per heavy atom. The van der Waals surface area contributed by atoms with Crippen LogP contribution < -0.4 is 0 Å². The molecule has 0 aliphatic heterocycles. The van der Waals surface area contributed by atoms with Crippen LogP contribution in [0.2, 0.25) is 0 Å². The zero-order valence-corrected chi connectivity index (χ0v) is 42.5. The predicted octanol–water partition coefficient (Wildman–Crippen LogP) is 18.7. The van der Waals surface area contributed by atoms with Gasteiger partial charge in [0.1, 0.15) is 6.61 Å². The average Bonchev–Trinajstić information content (AvgIpc) is 3.30. The van der Waals surface area contributed by atoms with Gasteiger partial charge in [0.15, 0.2) is 6.10 Å². The molecule has 1 unspecified atom stereocenters. The molecule has 0 fully saturated rings. The van der Waals surface area contributed by atoms with E-state index in [0.29, 0.717) is 25.9 Å². The molecule has 0 radical (unpaired) electrons. The summed E-state index contributed by atoms with van der Waals surface area (Å²) in [6.45, 7) is 7.62. The van der Waals surface area contributed by atoms with Gasteiger partial charge in [-0.25, -0.2) is 0 Å². The van der Waals surface area contributed by atoms with Crippen molar-refractivity contribution in [1.82, 2.24) is 0 Å². The first-order valence-electron chi connectivity index (χ1n) is 27.5. The molecule has 0 heterocycles. The maximum atomic E-state index is 12.8. The Morgan fingerprint density at radius 3 is 1.22 bits per heavy atom. The number of carbonyl (C=O) groups is 2. The average molecular weight is 893 g/mol. The number of allylic oxidation sites excluding steroid dienone is 12. The van der Waals surface area contributed by atoms with Gasteiger partial charge < -0.3 is 14.2 Å². The van der Waals surface area contributed by atoms with Crippen LogP contribution in [-0.2, 0) is 23.8 Å². The van der Waals surface area contributed by atoms with E-state index in [1.54, 1.807) is 0 Å². The van der Waals surface area contributed by atoms with E-state index in [-0.39, 0.29) is 25.2 Å². The van der Waals surface area contributed by atoms with Gasteiger partial charge in [0.2, 0.25) is 0 Å². The fourth-order valence-corrected chi connectivity index (χ4v) is 7.67. The topological polar surface area (TPSA) is 61.8 Å². The Bertz CT molecular complexity index is 1150. The maximum Gasteiger partial charge on any atom is 0.306 e. The van der Waals surface area contributed by atoms with Gasteiger partial charge in [-0.2, -0.15) is 0 Å². The van der Waals surface area contributed by atoms with Crippen molar-refractivity contribution in [2.24, 2.45) is 0 Å². The summed E-state index contributed by atoms with van der Waals surface area (Å²) in [6.07, 6.45) is 70.8. The summed E-state index contributed by atoms with van der Waals surface area (Å²) in [5.41, 5.74) is 0. The largest absolute Gasteiger partial charge is 0.462 e. The second-order valence-corrected chi connectivity index (χ2v) is 18.1. The van der Waals surface area contributed by atoms with Crippen LogP contribution in [0.1, 0.15) is 265 Å². The van der Waals surface area contributed by atoms with Gasteiger partial charge in [-0.3, -0.25) is 9.59 Å². The monoisotopic (exact) mass is 893 g/mol. The van der Waals surface area contributed by atoms with Crippen LogP contribution in [0.5, 0.6) is 0 Å². The number of rotatable bonds is 50. The highest BCUT2D eigenvalue weighted by molar-refractivity contribution is 5.70. The lowest BCUT2D eigenvalue weighted by molar-refractivity contribution is -0.162. The van der Waals surface area contributed by atoms with E-state index in [1.165, 1.54) is 167 Å². The zero-order chi connectivity index (χ0) is 46.3. The summed E-state index contributed by atoms with van der Waals surface area (Å²) >= 11 is 0. The molecule has 5 heteroatoms. The molecule has 5 nitrogen and oxygen atoms in total. The van der Waals surface area contributed by atoms with Crippen LogP contribution in [0.15, 0.2) is 72.9 Å². The summed E-state index contributed by atoms with van der Waals surface area (Å²) in [5.74, 6) is -0.488. The minimum absolute atomic E-state index is 0.0529. The van der Waals surface area contributed by atoms with Crippen LogP contribution in [0.4, 0.5) is 0 Å². The van der Waals surface area contributed by atoms with E-state index in [4.69, 9.17) is 14.2 Å². The fourth-order valence-electron chi connectivity index (χ4n) is 7.67. The Hall–Kier alpha value is -2.66. The molecule has 0 rings (SSSR count). The molecule has 64 heavy (non-hydrogen) atoms.